The van der Waals surface area contributed by atoms with Gasteiger partial charge in [0.15, 0.2) is 5.78 Å². The molecule has 0 aliphatic heterocycles. The quantitative estimate of drug-likeness (QED) is 0.562. The zero-order chi connectivity index (χ0) is 14.0. The highest BCUT2D eigenvalue weighted by Crippen LogP contribution is 2.36. The Kier molecular flexibility index (Phi) is 4.96. The lowest BCUT2D eigenvalue weighted by Crippen LogP contribution is -2.10. The summed E-state index contributed by atoms with van der Waals surface area (Å²) in [4.78, 5) is 13.0. The van der Waals surface area contributed by atoms with Gasteiger partial charge in [0, 0.05) is 8.95 Å². The molecule has 1 aromatic carbocycles. The van der Waals surface area contributed by atoms with Crippen LogP contribution >= 0.6 is 59.1 Å². The lowest BCUT2D eigenvalue weighted by Gasteiger charge is -2.09. The van der Waals surface area contributed by atoms with Crippen molar-refractivity contribution < 1.29 is 4.79 Å². The first kappa shape index (κ1) is 14.9. The minimum Gasteiger partial charge on any atom is -0.291 e. The van der Waals surface area contributed by atoms with Gasteiger partial charge in [0.1, 0.15) is 5.92 Å². The summed E-state index contributed by atoms with van der Waals surface area (Å²) in [5.41, 5.74) is 0.690. The van der Waals surface area contributed by atoms with Gasteiger partial charge >= 0.3 is 0 Å². The number of halogens is 3. The van der Waals surface area contributed by atoms with Crippen molar-refractivity contribution in [2.24, 2.45) is 0 Å². The molecule has 1 unspecified atom stereocenters. The highest BCUT2D eigenvalue weighted by atomic mass is 79.9. The fraction of sp³-hybridized carbons (Fsp3) is 0.0769. The number of ketones is 1. The second-order valence-corrected chi connectivity index (χ2v) is 7.76. The highest BCUT2D eigenvalue weighted by molar-refractivity contribution is 9.13. The molecule has 0 N–H and O–H groups in total. The third-order valence-electron chi connectivity index (χ3n) is 2.50. The molecule has 0 aliphatic carbocycles. The van der Waals surface area contributed by atoms with Gasteiger partial charge < -0.3 is 0 Å². The summed E-state index contributed by atoms with van der Waals surface area (Å²) < 4.78 is 2.44. The van der Waals surface area contributed by atoms with Gasteiger partial charge in [0.25, 0.3) is 0 Å². The number of carbonyl (C=O) groups excluding carboxylic acids is 1. The third-order valence-corrected chi connectivity index (χ3v) is 6.49. The van der Waals surface area contributed by atoms with Crippen LogP contribution in [-0.4, -0.2) is 5.78 Å². The molecule has 19 heavy (non-hydrogen) atoms. The van der Waals surface area contributed by atoms with Crippen molar-refractivity contribution in [3.63, 3.8) is 0 Å². The van der Waals surface area contributed by atoms with Crippen molar-refractivity contribution in [2.45, 2.75) is 5.92 Å². The number of benzene rings is 1. The van der Waals surface area contributed by atoms with Crippen LogP contribution in [0, 0.1) is 11.3 Å². The molecule has 0 saturated heterocycles. The van der Waals surface area contributed by atoms with Gasteiger partial charge in [-0.25, -0.2) is 0 Å². The number of Topliss-reactive ketones (excluding diaryl/α,β-unsaturated/α-hetero) is 1. The normalized spacial score (nSPS) is 11.9. The molecule has 2 nitrogen and oxygen atoms in total. The van der Waals surface area contributed by atoms with Crippen molar-refractivity contribution in [1.29, 1.82) is 5.26 Å². The van der Waals surface area contributed by atoms with Crippen LogP contribution in [0.15, 0.2) is 43.1 Å². The minimum absolute atomic E-state index is 0.189. The topological polar surface area (TPSA) is 40.9 Å². The van der Waals surface area contributed by atoms with E-state index in [1.54, 1.807) is 12.1 Å². The Balaban J connectivity index is 2.41. The second kappa shape index (κ2) is 6.31. The maximum absolute atomic E-state index is 12.4. The Morgan fingerprint density at radius 1 is 1.21 bits per heavy atom. The number of thiophene rings is 1. The zero-order valence-corrected chi connectivity index (χ0v) is 14.9. The molecule has 1 aromatic heterocycles. The molecule has 2 aromatic rings. The standard InChI is InChI=1S/C13H6Br3NOS/c14-9-4-2-1-3-7(9)8(6-17)12(18)11-5-10(15)13(16)19-11/h1-5,8H. The Bertz CT molecular complexity index is 655. The van der Waals surface area contributed by atoms with Crippen molar-refractivity contribution in [2.75, 3.05) is 0 Å². The first-order valence-electron chi connectivity index (χ1n) is 5.17. The van der Waals surface area contributed by atoms with Crippen LogP contribution in [0.1, 0.15) is 21.2 Å². The van der Waals surface area contributed by atoms with E-state index in [1.165, 1.54) is 11.3 Å². The van der Waals surface area contributed by atoms with Crippen LogP contribution in [0.3, 0.4) is 0 Å². The number of nitriles is 1. The molecule has 0 saturated carbocycles. The van der Waals surface area contributed by atoms with Crippen LogP contribution in [0.25, 0.3) is 0 Å². The predicted molar refractivity (Wildman–Crippen MR) is 86.5 cm³/mol. The molecule has 2 rings (SSSR count). The Labute approximate surface area is 139 Å². The maximum Gasteiger partial charge on any atom is 0.194 e. The van der Waals surface area contributed by atoms with Crippen molar-refractivity contribution in [1.82, 2.24) is 0 Å². The van der Waals surface area contributed by atoms with Gasteiger partial charge in [-0.2, -0.15) is 5.26 Å². The second-order valence-electron chi connectivity index (χ2n) is 3.68. The molecule has 0 aliphatic rings. The van der Waals surface area contributed by atoms with Crippen LogP contribution in [0.4, 0.5) is 0 Å². The minimum atomic E-state index is -0.798. The van der Waals surface area contributed by atoms with Crippen molar-refractivity contribution in [3.05, 3.63) is 53.5 Å². The Morgan fingerprint density at radius 3 is 2.42 bits per heavy atom. The van der Waals surface area contributed by atoms with Crippen LogP contribution < -0.4 is 0 Å². The molecule has 96 valence electrons. The molecular weight excluding hydrogens is 458 g/mol. The summed E-state index contributed by atoms with van der Waals surface area (Å²) in [7, 11) is 0. The lowest BCUT2D eigenvalue weighted by molar-refractivity contribution is 0.0982. The molecule has 0 fully saturated rings. The van der Waals surface area contributed by atoms with E-state index in [1.807, 2.05) is 18.2 Å². The fourth-order valence-electron chi connectivity index (χ4n) is 1.59. The van der Waals surface area contributed by atoms with E-state index < -0.39 is 5.92 Å². The molecule has 1 heterocycles. The predicted octanol–water partition coefficient (Wildman–Crippen LogP) is 5.53. The fourth-order valence-corrected chi connectivity index (χ4v) is 4.11. The number of hydrogen-bond acceptors (Lipinski definition) is 3. The molecule has 1 atom stereocenters. The first-order valence-corrected chi connectivity index (χ1v) is 8.37. The summed E-state index contributed by atoms with van der Waals surface area (Å²) >= 11 is 11.4. The number of hydrogen-bond donors (Lipinski definition) is 0. The van der Waals surface area contributed by atoms with Gasteiger partial charge in [-0.05, 0) is 49.6 Å². The van der Waals surface area contributed by atoms with E-state index in [9.17, 15) is 10.1 Å². The zero-order valence-electron chi connectivity index (χ0n) is 9.36. The van der Waals surface area contributed by atoms with Gasteiger partial charge in [-0.1, -0.05) is 34.1 Å². The van der Waals surface area contributed by atoms with Gasteiger partial charge in [0.05, 0.1) is 14.7 Å². The van der Waals surface area contributed by atoms with E-state index in [2.05, 4.69) is 53.9 Å². The van der Waals surface area contributed by atoms with Crippen LogP contribution in [0.2, 0.25) is 0 Å². The van der Waals surface area contributed by atoms with E-state index in [4.69, 9.17) is 0 Å². The van der Waals surface area contributed by atoms with E-state index in [-0.39, 0.29) is 5.78 Å². The monoisotopic (exact) mass is 461 g/mol. The molecule has 0 spiro atoms. The summed E-state index contributed by atoms with van der Waals surface area (Å²) in [5.74, 6) is -0.987. The van der Waals surface area contributed by atoms with Crippen LogP contribution in [0.5, 0.6) is 0 Å². The first-order chi connectivity index (χ1) is 9.04. The van der Waals surface area contributed by atoms with Crippen LogP contribution in [-0.2, 0) is 0 Å². The SMILES string of the molecule is N#CC(C(=O)c1cc(Br)c(Br)s1)c1ccccc1Br. The number of carbonyl (C=O) groups is 1. The lowest BCUT2D eigenvalue weighted by atomic mass is 9.95. The Morgan fingerprint density at radius 2 is 1.89 bits per heavy atom. The maximum atomic E-state index is 12.4. The average Bonchev–Trinajstić information content (AvgIpc) is 2.73. The smallest absolute Gasteiger partial charge is 0.194 e. The summed E-state index contributed by atoms with van der Waals surface area (Å²) in [6.45, 7) is 0. The summed E-state index contributed by atoms with van der Waals surface area (Å²) in [6, 6.07) is 11.1. The molecule has 6 heteroatoms. The summed E-state index contributed by atoms with van der Waals surface area (Å²) in [6.07, 6.45) is 0. The molecular formula is C13H6Br3NOS. The average molecular weight is 464 g/mol. The number of rotatable bonds is 3. The molecule has 0 amide bonds. The molecule has 0 bridgehead atoms. The van der Waals surface area contributed by atoms with E-state index >= 15 is 0 Å². The highest BCUT2D eigenvalue weighted by Gasteiger charge is 2.25. The van der Waals surface area contributed by atoms with Gasteiger partial charge in [-0.3, -0.25) is 4.79 Å². The third kappa shape index (κ3) is 3.16. The number of nitrogens with zero attached hydrogens (tertiary/aromatic N) is 1. The van der Waals surface area contributed by atoms with E-state index in [0.29, 0.717) is 10.4 Å². The van der Waals surface area contributed by atoms with Gasteiger partial charge in [-0.15, -0.1) is 11.3 Å². The van der Waals surface area contributed by atoms with Crippen molar-refractivity contribution >= 4 is 64.9 Å². The molecule has 0 radical (unpaired) electrons. The van der Waals surface area contributed by atoms with E-state index in [0.717, 1.165) is 12.7 Å². The van der Waals surface area contributed by atoms with Crippen molar-refractivity contribution in [3.8, 4) is 6.07 Å². The largest absolute Gasteiger partial charge is 0.291 e. The summed E-state index contributed by atoms with van der Waals surface area (Å²) in [5, 5.41) is 9.30. The Hall–Kier alpha value is -0.480. The van der Waals surface area contributed by atoms with Gasteiger partial charge in [0.2, 0.25) is 0 Å².